The van der Waals surface area contributed by atoms with Gasteiger partial charge in [-0.05, 0) is 43.4 Å². The van der Waals surface area contributed by atoms with Crippen LogP contribution in [0.15, 0.2) is 12.2 Å². The molecule has 0 spiro atoms. The minimum Gasteiger partial charge on any atom is -0.481 e. The van der Waals surface area contributed by atoms with Gasteiger partial charge in [-0.25, -0.2) is 0 Å². The second-order valence-corrected chi connectivity index (χ2v) is 6.77. The molecule has 0 aromatic carbocycles. The van der Waals surface area contributed by atoms with E-state index < -0.39 is 17.8 Å². The number of allylic oxidation sites excluding steroid dienone is 2. The first-order valence-electron chi connectivity index (χ1n) is 7.93. The van der Waals surface area contributed by atoms with Crippen LogP contribution in [0, 0.1) is 29.6 Å². The number of carboxylic acid groups (broad SMARTS) is 1. The molecule has 21 heavy (non-hydrogen) atoms. The molecule has 3 aliphatic rings. The van der Waals surface area contributed by atoms with Crippen LogP contribution < -0.4 is 5.32 Å². The van der Waals surface area contributed by atoms with Crippen molar-refractivity contribution in [3.63, 3.8) is 0 Å². The highest BCUT2D eigenvalue weighted by Crippen LogP contribution is 2.48. The molecular formula is C16H23NO4. The zero-order chi connectivity index (χ0) is 15.0. The third kappa shape index (κ3) is 2.84. The number of carbonyl (C=O) groups excluding carboxylic acids is 1. The summed E-state index contributed by atoms with van der Waals surface area (Å²) in [5, 5.41) is 22.0. The summed E-state index contributed by atoms with van der Waals surface area (Å²) in [7, 11) is 0. The zero-order valence-corrected chi connectivity index (χ0v) is 12.1. The van der Waals surface area contributed by atoms with E-state index in [2.05, 4.69) is 5.32 Å². The summed E-state index contributed by atoms with van der Waals surface area (Å²) >= 11 is 0. The normalized spacial score (nSPS) is 41.2. The Balaban J connectivity index is 1.57. The minimum atomic E-state index is -0.861. The van der Waals surface area contributed by atoms with Gasteiger partial charge in [-0.1, -0.05) is 18.6 Å². The van der Waals surface area contributed by atoms with Crippen molar-refractivity contribution in [1.82, 2.24) is 5.32 Å². The second kappa shape index (κ2) is 5.79. The third-order valence-corrected chi connectivity index (χ3v) is 5.37. The lowest BCUT2D eigenvalue weighted by molar-refractivity contribution is -0.147. The number of aliphatic carboxylic acids is 1. The molecule has 0 aliphatic heterocycles. The highest BCUT2D eigenvalue weighted by Gasteiger charge is 2.51. The smallest absolute Gasteiger partial charge is 0.307 e. The Morgan fingerprint density at radius 1 is 1.10 bits per heavy atom. The van der Waals surface area contributed by atoms with Gasteiger partial charge in [0.15, 0.2) is 0 Å². The lowest BCUT2D eigenvalue weighted by atomic mass is 9.82. The monoisotopic (exact) mass is 293 g/mol. The molecule has 116 valence electrons. The number of carboxylic acids is 1. The summed E-state index contributed by atoms with van der Waals surface area (Å²) in [5.74, 6) is -1.58. The van der Waals surface area contributed by atoms with Crippen molar-refractivity contribution in [2.24, 2.45) is 29.6 Å². The van der Waals surface area contributed by atoms with Gasteiger partial charge >= 0.3 is 5.97 Å². The van der Waals surface area contributed by atoms with Gasteiger partial charge in [-0.3, -0.25) is 9.59 Å². The maximum atomic E-state index is 12.4. The molecule has 1 amide bonds. The fourth-order valence-electron chi connectivity index (χ4n) is 4.33. The Morgan fingerprint density at radius 2 is 1.81 bits per heavy atom. The predicted octanol–water partition coefficient (Wildman–Crippen LogP) is 1.18. The number of fused-ring (bicyclic) bond motifs is 2. The second-order valence-electron chi connectivity index (χ2n) is 6.77. The van der Waals surface area contributed by atoms with Crippen molar-refractivity contribution in [3.05, 3.63) is 12.2 Å². The molecule has 5 nitrogen and oxygen atoms in total. The standard InChI is InChI=1S/C16H23NO4/c18-12-3-1-2-9(6-12)8-17-15(19)13-10-4-5-11(7-10)14(13)16(20)21/h4-5,9-14,18H,1-3,6-8H2,(H,17,19)(H,20,21). The summed E-state index contributed by atoms with van der Waals surface area (Å²) < 4.78 is 0. The maximum absolute atomic E-state index is 12.4. The van der Waals surface area contributed by atoms with Crippen molar-refractivity contribution < 1.29 is 19.8 Å². The average molecular weight is 293 g/mol. The number of nitrogens with one attached hydrogen (secondary N) is 1. The Bertz CT molecular complexity index is 461. The average Bonchev–Trinajstić information content (AvgIpc) is 3.05. The molecule has 0 aromatic rings. The van der Waals surface area contributed by atoms with E-state index in [9.17, 15) is 19.8 Å². The van der Waals surface area contributed by atoms with E-state index in [4.69, 9.17) is 0 Å². The van der Waals surface area contributed by atoms with Crippen LogP contribution >= 0.6 is 0 Å². The Labute approximate surface area is 124 Å². The van der Waals surface area contributed by atoms with E-state index in [-0.39, 0.29) is 23.8 Å². The molecule has 0 aromatic heterocycles. The van der Waals surface area contributed by atoms with Crippen LogP contribution in [0.4, 0.5) is 0 Å². The van der Waals surface area contributed by atoms with Crippen molar-refractivity contribution in [2.45, 2.75) is 38.2 Å². The fourth-order valence-corrected chi connectivity index (χ4v) is 4.33. The van der Waals surface area contributed by atoms with Crippen molar-refractivity contribution >= 4 is 11.9 Å². The van der Waals surface area contributed by atoms with Crippen LogP contribution in [0.3, 0.4) is 0 Å². The van der Waals surface area contributed by atoms with Gasteiger partial charge in [0.05, 0.1) is 17.9 Å². The molecule has 5 heteroatoms. The molecule has 2 fully saturated rings. The molecule has 6 atom stereocenters. The van der Waals surface area contributed by atoms with E-state index in [1.54, 1.807) is 0 Å². The Kier molecular flexibility index (Phi) is 4.02. The minimum absolute atomic E-state index is 0.0137. The van der Waals surface area contributed by atoms with Crippen LogP contribution in [0.2, 0.25) is 0 Å². The molecular weight excluding hydrogens is 270 g/mol. The summed E-state index contributed by atoms with van der Waals surface area (Å²) in [5.41, 5.74) is 0. The molecule has 2 bridgehead atoms. The third-order valence-electron chi connectivity index (χ3n) is 5.37. The van der Waals surface area contributed by atoms with E-state index >= 15 is 0 Å². The van der Waals surface area contributed by atoms with Gasteiger partial charge in [-0.15, -0.1) is 0 Å². The predicted molar refractivity (Wildman–Crippen MR) is 76.3 cm³/mol. The first-order valence-corrected chi connectivity index (χ1v) is 7.93. The van der Waals surface area contributed by atoms with Gasteiger partial charge in [0.2, 0.25) is 5.91 Å². The van der Waals surface area contributed by atoms with Crippen molar-refractivity contribution in [2.75, 3.05) is 6.54 Å². The van der Waals surface area contributed by atoms with Crippen LogP contribution in [0.25, 0.3) is 0 Å². The number of hydrogen-bond donors (Lipinski definition) is 3. The van der Waals surface area contributed by atoms with Crippen molar-refractivity contribution in [3.8, 4) is 0 Å². The van der Waals surface area contributed by atoms with E-state index in [0.29, 0.717) is 12.5 Å². The first-order chi connectivity index (χ1) is 10.1. The quantitative estimate of drug-likeness (QED) is 0.679. The van der Waals surface area contributed by atoms with Crippen LogP contribution in [-0.2, 0) is 9.59 Å². The fraction of sp³-hybridized carbons (Fsp3) is 0.750. The van der Waals surface area contributed by atoms with Gasteiger partial charge in [0.25, 0.3) is 0 Å². The number of aliphatic hydroxyl groups excluding tert-OH is 1. The molecule has 6 unspecified atom stereocenters. The van der Waals surface area contributed by atoms with Crippen LogP contribution in [-0.4, -0.2) is 34.7 Å². The molecule has 2 saturated carbocycles. The molecule has 0 radical (unpaired) electrons. The molecule has 3 rings (SSSR count). The zero-order valence-electron chi connectivity index (χ0n) is 12.1. The van der Waals surface area contributed by atoms with Gasteiger partial charge in [0.1, 0.15) is 0 Å². The van der Waals surface area contributed by atoms with Gasteiger partial charge in [-0.2, -0.15) is 0 Å². The van der Waals surface area contributed by atoms with E-state index in [1.807, 2.05) is 12.2 Å². The first kappa shape index (κ1) is 14.6. The summed E-state index contributed by atoms with van der Waals surface area (Å²) in [4.78, 5) is 23.8. The largest absolute Gasteiger partial charge is 0.481 e. The number of amides is 1. The SMILES string of the molecule is O=C(O)C1C2C=CC(C2)C1C(=O)NCC1CCCC(O)C1. The van der Waals surface area contributed by atoms with Gasteiger partial charge < -0.3 is 15.5 Å². The number of carbonyl (C=O) groups is 2. The number of aliphatic hydroxyl groups is 1. The van der Waals surface area contributed by atoms with Crippen LogP contribution in [0.1, 0.15) is 32.1 Å². The summed E-state index contributed by atoms with van der Waals surface area (Å²) in [6, 6.07) is 0. The highest BCUT2D eigenvalue weighted by molar-refractivity contribution is 5.86. The van der Waals surface area contributed by atoms with Crippen LogP contribution in [0.5, 0.6) is 0 Å². The number of rotatable bonds is 4. The summed E-state index contributed by atoms with van der Waals surface area (Å²) in [6.45, 7) is 0.555. The molecule has 3 aliphatic carbocycles. The highest BCUT2D eigenvalue weighted by atomic mass is 16.4. The molecule has 3 N–H and O–H groups in total. The van der Waals surface area contributed by atoms with Crippen molar-refractivity contribution in [1.29, 1.82) is 0 Å². The number of hydrogen-bond acceptors (Lipinski definition) is 3. The lowest BCUT2D eigenvalue weighted by Crippen LogP contribution is -2.42. The maximum Gasteiger partial charge on any atom is 0.307 e. The molecule has 0 saturated heterocycles. The lowest BCUT2D eigenvalue weighted by Gasteiger charge is -2.28. The topological polar surface area (TPSA) is 86.6 Å². The van der Waals surface area contributed by atoms with Gasteiger partial charge in [0, 0.05) is 6.54 Å². The molecule has 0 heterocycles. The Hall–Kier alpha value is -1.36. The van der Waals surface area contributed by atoms with E-state index in [0.717, 1.165) is 32.1 Å². The summed E-state index contributed by atoms with van der Waals surface area (Å²) in [6.07, 6.45) is 8.09. The Morgan fingerprint density at radius 3 is 2.48 bits per heavy atom. The van der Waals surface area contributed by atoms with E-state index in [1.165, 1.54) is 0 Å².